The van der Waals surface area contributed by atoms with Gasteiger partial charge in [0.2, 0.25) is 0 Å². The summed E-state index contributed by atoms with van der Waals surface area (Å²) in [6.07, 6.45) is 2.56. The average molecular weight is 402 g/mol. The number of hydrogen-bond acceptors (Lipinski definition) is 6. The molecule has 1 saturated carbocycles. The van der Waals surface area contributed by atoms with Gasteiger partial charge in [-0.2, -0.15) is 0 Å². The van der Waals surface area contributed by atoms with E-state index in [-0.39, 0.29) is 23.8 Å². The zero-order chi connectivity index (χ0) is 19.7. The molecule has 150 valence electrons. The van der Waals surface area contributed by atoms with Crippen LogP contribution in [0.5, 0.6) is 11.5 Å². The van der Waals surface area contributed by atoms with Crippen LogP contribution in [0.4, 0.5) is 0 Å². The third kappa shape index (κ3) is 3.81. The number of aliphatic hydroxyl groups excluding tert-OH is 1. The van der Waals surface area contributed by atoms with Gasteiger partial charge in [0.05, 0.1) is 7.11 Å². The van der Waals surface area contributed by atoms with Crippen molar-refractivity contribution in [3.63, 3.8) is 0 Å². The van der Waals surface area contributed by atoms with Crippen LogP contribution in [0, 0.1) is 12.8 Å². The maximum absolute atomic E-state index is 12.8. The summed E-state index contributed by atoms with van der Waals surface area (Å²) in [5.41, 5.74) is 0.907. The first kappa shape index (κ1) is 19.4. The number of carbonyl (C=O) groups excluding carboxylic acids is 1. The Kier molecular flexibility index (Phi) is 5.71. The third-order valence-electron chi connectivity index (χ3n) is 5.82. The number of rotatable bonds is 6. The lowest BCUT2D eigenvalue weighted by Crippen LogP contribution is -2.44. The Morgan fingerprint density at radius 1 is 1.21 bits per heavy atom. The molecule has 1 aromatic heterocycles. The second-order valence-electron chi connectivity index (χ2n) is 7.68. The molecule has 0 saturated heterocycles. The lowest BCUT2D eigenvalue weighted by Gasteiger charge is -2.26. The third-order valence-corrected chi connectivity index (χ3v) is 6.93. The summed E-state index contributed by atoms with van der Waals surface area (Å²) in [5, 5.41) is 14.2. The smallest absolute Gasteiger partial charge is 0.168 e. The molecule has 2 aromatic rings. The van der Waals surface area contributed by atoms with Crippen LogP contribution in [0.25, 0.3) is 0 Å². The summed E-state index contributed by atoms with van der Waals surface area (Å²) in [6.45, 7) is 2.66. The van der Waals surface area contributed by atoms with Crippen LogP contribution < -0.4 is 14.8 Å². The number of thiophene rings is 1. The predicted octanol–water partition coefficient (Wildman–Crippen LogP) is 3.37. The van der Waals surface area contributed by atoms with Crippen molar-refractivity contribution in [3.05, 3.63) is 45.6 Å². The monoisotopic (exact) mass is 401 g/mol. The molecule has 28 heavy (non-hydrogen) atoms. The van der Waals surface area contributed by atoms with Gasteiger partial charge in [-0.05, 0) is 50.8 Å². The second-order valence-corrected chi connectivity index (χ2v) is 9.02. The molecule has 0 amide bonds. The quantitative estimate of drug-likeness (QED) is 0.777. The van der Waals surface area contributed by atoms with Gasteiger partial charge in [-0.15, -0.1) is 11.3 Å². The molecule has 1 fully saturated rings. The number of benzene rings is 1. The molecule has 0 radical (unpaired) electrons. The largest absolute Gasteiger partial charge is 0.493 e. The van der Waals surface area contributed by atoms with Crippen molar-refractivity contribution in [1.82, 2.24) is 5.32 Å². The Morgan fingerprint density at radius 3 is 2.79 bits per heavy atom. The molecular formula is C22H27NO4S. The Hall–Kier alpha value is -1.89. The number of ketones is 1. The Morgan fingerprint density at radius 2 is 2.00 bits per heavy atom. The molecule has 1 unspecified atom stereocenters. The molecule has 1 aromatic carbocycles. The molecule has 5 nitrogen and oxygen atoms in total. The highest BCUT2D eigenvalue weighted by atomic mass is 32.1. The van der Waals surface area contributed by atoms with E-state index in [0.717, 1.165) is 31.2 Å². The highest BCUT2D eigenvalue weighted by molar-refractivity contribution is 7.12. The number of fused-ring (bicyclic) bond motifs is 1. The number of ether oxygens (including phenoxy) is 2. The highest BCUT2D eigenvalue weighted by Gasteiger charge is 2.38. The number of aliphatic hydroxyl groups is 1. The zero-order valence-corrected chi connectivity index (χ0v) is 17.1. The molecule has 0 aliphatic heterocycles. The molecule has 0 bridgehead atoms. The van der Waals surface area contributed by atoms with E-state index >= 15 is 0 Å². The minimum atomic E-state index is -0.609. The summed E-state index contributed by atoms with van der Waals surface area (Å²) in [4.78, 5) is 15.2. The van der Waals surface area contributed by atoms with Crippen LogP contribution in [-0.4, -0.2) is 42.8 Å². The predicted molar refractivity (Wildman–Crippen MR) is 110 cm³/mol. The van der Waals surface area contributed by atoms with Crippen molar-refractivity contribution in [2.45, 2.75) is 50.9 Å². The number of hydrogen-bond donors (Lipinski definition) is 2. The van der Waals surface area contributed by atoms with Crippen LogP contribution in [0.15, 0.2) is 30.3 Å². The van der Waals surface area contributed by atoms with Gasteiger partial charge in [0.25, 0.3) is 0 Å². The maximum Gasteiger partial charge on any atom is 0.168 e. The van der Waals surface area contributed by atoms with Crippen molar-refractivity contribution in [2.24, 2.45) is 5.92 Å². The molecule has 2 aliphatic carbocycles. The number of carbonyl (C=O) groups is 1. The molecule has 4 rings (SSSR count). The Bertz CT molecular complexity index is 849. The number of aryl methyl sites for hydroxylation is 2. The minimum Gasteiger partial charge on any atom is -0.493 e. The molecule has 1 heterocycles. The van der Waals surface area contributed by atoms with E-state index < -0.39 is 6.10 Å². The van der Waals surface area contributed by atoms with Gasteiger partial charge < -0.3 is 19.9 Å². The van der Waals surface area contributed by atoms with Crippen molar-refractivity contribution >= 4 is 17.1 Å². The van der Waals surface area contributed by atoms with Crippen LogP contribution in [0.3, 0.4) is 0 Å². The molecule has 2 aliphatic rings. The normalized spacial score (nSPS) is 26.9. The van der Waals surface area contributed by atoms with Gasteiger partial charge in [-0.3, -0.25) is 4.79 Å². The van der Waals surface area contributed by atoms with Crippen LogP contribution in [0.2, 0.25) is 0 Å². The minimum absolute atomic E-state index is 0.0112. The van der Waals surface area contributed by atoms with Crippen molar-refractivity contribution in [3.8, 4) is 11.5 Å². The molecule has 6 heteroatoms. The number of para-hydroxylation sites is 2. The first-order chi connectivity index (χ1) is 13.6. The fourth-order valence-electron chi connectivity index (χ4n) is 4.28. The molecule has 0 spiro atoms. The molecule has 2 N–H and O–H groups in total. The standard InChI is InChI=1S/C22H27NO4S/c1-13-11-15-20(28-13)10-7-14(21(15)24)12-23-16-8-9-19(22(16)25)27-18-6-4-3-5-17(18)26-2/h3-6,11,14,16,19,22-23,25H,7-10,12H2,1-2H3/t14?,16-,19-,22-/m1/s1. The van der Waals surface area contributed by atoms with Crippen LogP contribution in [-0.2, 0) is 6.42 Å². The lowest BCUT2D eigenvalue weighted by atomic mass is 9.87. The number of methoxy groups -OCH3 is 1. The summed E-state index contributed by atoms with van der Waals surface area (Å²) in [7, 11) is 1.61. The fraction of sp³-hybridized carbons (Fsp3) is 0.500. The van der Waals surface area contributed by atoms with E-state index in [4.69, 9.17) is 9.47 Å². The van der Waals surface area contributed by atoms with Gasteiger partial charge >= 0.3 is 0 Å². The highest BCUT2D eigenvalue weighted by Crippen LogP contribution is 2.33. The van der Waals surface area contributed by atoms with Gasteiger partial charge in [0.15, 0.2) is 17.3 Å². The van der Waals surface area contributed by atoms with Gasteiger partial charge in [-0.1, -0.05) is 12.1 Å². The van der Waals surface area contributed by atoms with E-state index in [0.29, 0.717) is 18.0 Å². The zero-order valence-electron chi connectivity index (χ0n) is 16.3. The molecular weight excluding hydrogens is 374 g/mol. The summed E-state index contributed by atoms with van der Waals surface area (Å²) in [6, 6.07) is 9.45. The summed E-state index contributed by atoms with van der Waals surface area (Å²) < 4.78 is 11.3. The van der Waals surface area contributed by atoms with Crippen LogP contribution in [0.1, 0.15) is 39.4 Å². The van der Waals surface area contributed by atoms with Crippen molar-refractivity contribution < 1.29 is 19.4 Å². The van der Waals surface area contributed by atoms with Crippen LogP contribution >= 0.6 is 11.3 Å². The SMILES string of the molecule is COc1ccccc1O[C@@H]1CC[C@@H](NCC2CCc3sc(C)cc3C2=O)[C@H]1O. The lowest BCUT2D eigenvalue weighted by molar-refractivity contribution is 0.0427. The number of Topliss-reactive ketones (excluding diaryl/α,β-unsaturated/α-hetero) is 1. The van der Waals surface area contributed by atoms with Crippen molar-refractivity contribution in [2.75, 3.05) is 13.7 Å². The van der Waals surface area contributed by atoms with E-state index in [1.54, 1.807) is 18.4 Å². The van der Waals surface area contributed by atoms with Gasteiger partial charge in [-0.25, -0.2) is 0 Å². The summed E-state index contributed by atoms with van der Waals surface area (Å²) in [5.74, 6) is 1.55. The first-order valence-electron chi connectivity index (χ1n) is 9.91. The van der Waals surface area contributed by atoms with E-state index in [2.05, 4.69) is 12.2 Å². The van der Waals surface area contributed by atoms with E-state index in [9.17, 15) is 9.90 Å². The molecule has 4 atom stereocenters. The van der Waals surface area contributed by atoms with E-state index in [1.807, 2.05) is 30.3 Å². The van der Waals surface area contributed by atoms with E-state index in [1.165, 1.54) is 9.75 Å². The topological polar surface area (TPSA) is 67.8 Å². The average Bonchev–Trinajstić information content (AvgIpc) is 3.25. The first-order valence-corrected chi connectivity index (χ1v) is 10.7. The Balaban J connectivity index is 1.33. The Labute approximate surface area is 169 Å². The van der Waals surface area contributed by atoms with Gasteiger partial charge in [0, 0.05) is 33.8 Å². The maximum atomic E-state index is 12.8. The summed E-state index contributed by atoms with van der Waals surface area (Å²) >= 11 is 1.74. The van der Waals surface area contributed by atoms with Gasteiger partial charge in [0.1, 0.15) is 12.2 Å². The number of nitrogens with one attached hydrogen (secondary N) is 1. The van der Waals surface area contributed by atoms with Crippen molar-refractivity contribution in [1.29, 1.82) is 0 Å². The fourth-order valence-corrected chi connectivity index (χ4v) is 5.33. The second kappa shape index (κ2) is 8.23.